The molecule has 0 unspecified atom stereocenters. The Hall–Kier alpha value is -2.71. The van der Waals surface area contributed by atoms with Gasteiger partial charge in [0.25, 0.3) is 0 Å². The molecule has 4 heterocycles. The van der Waals surface area contributed by atoms with E-state index in [-0.39, 0.29) is 0 Å². The molecule has 1 aromatic carbocycles. The van der Waals surface area contributed by atoms with Gasteiger partial charge in [-0.05, 0) is 30.7 Å². The fourth-order valence-electron chi connectivity index (χ4n) is 3.38. The lowest BCUT2D eigenvalue weighted by atomic mass is 10.2. The molecule has 0 saturated carbocycles. The molecule has 9 heteroatoms. The highest BCUT2D eigenvalue weighted by Gasteiger charge is 2.20. The molecule has 1 aliphatic rings. The van der Waals surface area contributed by atoms with E-state index in [1.807, 2.05) is 47.1 Å². The highest BCUT2D eigenvalue weighted by molar-refractivity contribution is 7.20. The second-order valence-electron chi connectivity index (χ2n) is 6.65. The van der Waals surface area contributed by atoms with Gasteiger partial charge in [0.15, 0.2) is 5.82 Å². The molecule has 1 saturated heterocycles. The quantitative estimate of drug-likeness (QED) is 0.513. The van der Waals surface area contributed by atoms with E-state index in [9.17, 15) is 0 Å². The maximum Gasteiger partial charge on any atom is 0.214 e. The molecule has 0 radical (unpaired) electrons. The zero-order chi connectivity index (χ0) is 18.9. The van der Waals surface area contributed by atoms with Gasteiger partial charge in [0.1, 0.15) is 0 Å². The van der Waals surface area contributed by atoms with E-state index in [1.165, 1.54) is 0 Å². The van der Waals surface area contributed by atoms with E-state index in [4.69, 9.17) is 21.7 Å². The number of fused-ring (bicyclic) bond motifs is 1. The molecule has 1 fully saturated rings. The summed E-state index contributed by atoms with van der Waals surface area (Å²) >= 11 is 7.60. The van der Waals surface area contributed by atoms with Gasteiger partial charge in [-0.1, -0.05) is 35.1 Å². The van der Waals surface area contributed by atoms with Crippen LogP contribution in [0.4, 0.5) is 10.9 Å². The Morgan fingerprint density at radius 3 is 2.57 bits per heavy atom. The summed E-state index contributed by atoms with van der Waals surface area (Å²) in [6, 6.07) is 11.7. The van der Waals surface area contributed by atoms with Crippen molar-refractivity contribution in [2.45, 2.75) is 6.42 Å². The minimum absolute atomic E-state index is 0.724. The van der Waals surface area contributed by atoms with Gasteiger partial charge >= 0.3 is 0 Å². The lowest BCUT2D eigenvalue weighted by molar-refractivity contribution is 0.784. The van der Waals surface area contributed by atoms with Crippen molar-refractivity contribution in [3.8, 4) is 11.3 Å². The van der Waals surface area contributed by atoms with Gasteiger partial charge in [0, 0.05) is 43.0 Å². The van der Waals surface area contributed by atoms with Crippen LogP contribution in [0.15, 0.2) is 48.8 Å². The fraction of sp³-hybridized carbons (Fsp3) is 0.263. The first kappa shape index (κ1) is 17.4. The summed E-state index contributed by atoms with van der Waals surface area (Å²) in [5.41, 5.74) is 1.95. The Labute approximate surface area is 171 Å². The van der Waals surface area contributed by atoms with E-state index >= 15 is 0 Å². The summed E-state index contributed by atoms with van der Waals surface area (Å²) in [6.07, 6.45) is 4.73. The Morgan fingerprint density at radius 1 is 0.964 bits per heavy atom. The maximum absolute atomic E-state index is 5.97. The summed E-state index contributed by atoms with van der Waals surface area (Å²) in [5, 5.41) is 14.7. The van der Waals surface area contributed by atoms with Crippen molar-refractivity contribution in [2.75, 3.05) is 36.0 Å². The average Bonchev–Trinajstić information content (AvgIpc) is 3.19. The third-order valence-electron chi connectivity index (χ3n) is 4.82. The first-order valence-corrected chi connectivity index (χ1v) is 10.4. The summed E-state index contributed by atoms with van der Waals surface area (Å²) in [4.78, 5) is 10.2. The second-order valence-corrected chi connectivity index (χ2v) is 8.03. The number of halogens is 1. The minimum Gasteiger partial charge on any atom is -0.353 e. The molecular weight excluding hydrogens is 394 g/mol. The van der Waals surface area contributed by atoms with Crippen LogP contribution in [0.3, 0.4) is 0 Å². The molecule has 0 N–H and O–H groups in total. The van der Waals surface area contributed by atoms with Crippen molar-refractivity contribution in [3.05, 3.63) is 53.8 Å². The standard InChI is InChI=1S/C19H18ClN7S/c20-15-6-4-14(5-7-15)16-13-27-18(22-16)28-19(24-27)26-10-2-9-25(11-12-26)17-3-1-8-21-23-17/h1,3-8,13H,2,9-12H2. The van der Waals surface area contributed by atoms with E-state index < -0.39 is 0 Å². The molecule has 0 aliphatic carbocycles. The van der Waals surface area contributed by atoms with E-state index in [0.717, 1.165) is 64.8 Å². The van der Waals surface area contributed by atoms with Crippen LogP contribution in [0.25, 0.3) is 16.2 Å². The van der Waals surface area contributed by atoms with Crippen LogP contribution in [0.2, 0.25) is 5.02 Å². The van der Waals surface area contributed by atoms with Crippen LogP contribution in [0.5, 0.6) is 0 Å². The monoisotopic (exact) mass is 411 g/mol. The molecule has 4 aromatic rings. The zero-order valence-electron chi connectivity index (χ0n) is 15.1. The van der Waals surface area contributed by atoms with Gasteiger partial charge in [-0.15, -0.1) is 10.2 Å². The number of anilines is 2. The first-order valence-electron chi connectivity index (χ1n) is 9.16. The lowest BCUT2D eigenvalue weighted by Crippen LogP contribution is -2.31. The molecule has 5 rings (SSSR count). The predicted molar refractivity (Wildman–Crippen MR) is 112 cm³/mol. The van der Waals surface area contributed by atoms with E-state index in [2.05, 4.69) is 20.0 Å². The van der Waals surface area contributed by atoms with Crippen LogP contribution in [0, 0.1) is 0 Å². The van der Waals surface area contributed by atoms with Crippen LogP contribution in [0.1, 0.15) is 6.42 Å². The van der Waals surface area contributed by atoms with Gasteiger partial charge < -0.3 is 9.80 Å². The first-order chi connectivity index (χ1) is 13.8. The predicted octanol–water partition coefficient (Wildman–Crippen LogP) is 3.62. The van der Waals surface area contributed by atoms with Crippen LogP contribution >= 0.6 is 22.9 Å². The van der Waals surface area contributed by atoms with Gasteiger partial charge in [0.2, 0.25) is 10.1 Å². The molecule has 0 amide bonds. The Bertz CT molecular complexity index is 1050. The topological polar surface area (TPSA) is 62.5 Å². The van der Waals surface area contributed by atoms with Crippen molar-refractivity contribution in [1.29, 1.82) is 0 Å². The molecule has 3 aromatic heterocycles. The third-order valence-corrected chi connectivity index (χ3v) is 6.06. The van der Waals surface area contributed by atoms with Crippen molar-refractivity contribution >= 4 is 38.8 Å². The number of rotatable bonds is 3. The van der Waals surface area contributed by atoms with Gasteiger partial charge in [0.05, 0.1) is 11.9 Å². The Kier molecular flexibility index (Phi) is 4.58. The van der Waals surface area contributed by atoms with Crippen molar-refractivity contribution in [3.63, 3.8) is 0 Å². The fourth-order valence-corrected chi connectivity index (χ4v) is 4.44. The Morgan fingerprint density at radius 2 is 1.79 bits per heavy atom. The smallest absolute Gasteiger partial charge is 0.214 e. The second kappa shape index (κ2) is 7.37. The average molecular weight is 412 g/mol. The van der Waals surface area contributed by atoms with Gasteiger partial charge in [-0.25, -0.2) is 9.50 Å². The number of hydrogen-bond donors (Lipinski definition) is 0. The molecule has 0 bridgehead atoms. The van der Waals surface area contributed by atoms with Crippen LogP contribution in [-0.4, -0.2) is 51.0 Å². The normalized spacial score (nSPS) is 15.2. The SMILES string of the molecule is Clc1ccc(-c2cn3nc(N4CCCN(c5cccnn5)CC4)sc3n2)cc1. The number of hydrogen-bond acceptors (Lipinski definition) is 7. The lowest BCUT2D eigenvalue weighted by Gasteiger charge is -2.21. The van der Waals surface area contributed by atoms with Gasteiger partial charge in [-0.2, -0.15) is 5.10 Å². The zero-order valence-corrected chi connectivity index (χ0v) is 16.6. The number of aromatic nitrogens is 5. The van der Waals surface area contributed by atoms with Crippen molar-refractivity contribution in [1.82, 2.24) is 24.8 Å². The summed E-state index contributed by atoms with van der Waals surface area (Å²) in [7, 11) is 0. The molecule has 142 valence electrons. The largest absolute Gasteiger partial charge is 0.353 e. The minimum atomic E-state index is 0.724. The Balaban J connectivity index is 1.33. The number of imidazole rings is 1. The van der Waals surface area contributed by atoms with Gasteiger partial charge in [-0.3, -0.25) is 0 Å². The van der Waals surface area contributed by atoms with Crippen molar-refractivity contribution < 1.29 is 0 Å². The van der Waals surface area contributed by atoms with E-state index in [1.54, 1.807) is 17.5 Å². The van der Waals surface area contributed by atoms with Crippen LogP contribution in [-0.2, 0) is 0 Å². The van der Waals surface area contributed by atoms with Crippen LogP contribution < -0.4 is 9.80 Å². The summed E-state index contributed by atoms with van der Waals surface area (Å²) in [6.45, 7) is 3.74. The highest BCUT2D eigenvalue weighted by Crippen LogP contribution is 2.28. The maximum atomic E-state index is 5.97. The molecule has 7 nitrogen and oxygen atoms in total. The molecule has 28 heavy (non-hydrogen) atoms. The third kappa shape index (κ3) is 3.41. The molecular formula is C19H18ClN7S. The number of benzene rings is 1. The molecule has 0 atom stereocenters. The van der Waals surface area contributed by atoms with E-state index in [0.29, 0.717) is 0 Å². The highest BCUT2D eigenvalue weighted by atomic mass is 35.5. The number of nitrogens with zero attached hydrogens (tertiary/aromatic N) is 7. The summed E-state index contributed by atoms with van der Waals surface area (Å²) < 4.78 is 1.87. The van der Waals surface area contributed by atoms with Crippen molar-refractivity contribution in [2.24, 2.45) is 0 Å². The molecule has 0 spiro atoms. The summed E-state index contributed by atoms with van der Waals surface area (Å²) in [5.74, 6) is 0.936. The molecule has 1 aliphatic heterocycles.